The minimum atomic E-state index is 0. The average Bonchev–Trinajstić information content (AvgIpc) is 2.23. The molecule has 88 valence electrons. The van der Waals surface area contributed by atoms with Gasteiger partial charge in [-0.1, -0.05) is 6.42 Å². The predicted molar refractivity (Wildman–Crippen MR) is 61.5 cm³/mol. The maximum Gasteiger partial charge on any atom is 0.141 e. The molecule has 15 heavy (non-hydrogen) atoms. The lowest BCUT2D eigenvalue weighted by molar-refractivity contribution is -0.131. The minimum absolute atomic E-state index is 0. The lowest BCUT2D eigenvalue weighted by atomic mass is 9.99. The van der Waals surface area contributed by atoms with Gasteiger partial charge in [-0.05, 0) is 25.9 Å². The quantitative estimate of drug-likeness (QED) is 0.724. The number of ether oxygens (including phenoxy) is 1. The lowest BCUT2D eigenvalue weighted by Crippen LogP contribution is -2.40. The van der Waals surface area contributed by atoms with Crippen LogP contribution < -0.4 is 0 Å². The summed E-state index contributed by atoms with van der Waals surface area (Å²) in [4.78, 5) is 14.0. The number of ketones is 1. The highest BCUT2D eigenvalue weighted by molar-refractivity contribution is 5.85. The monoisotopic (exact) mass is 233 g/mol. The first-order valence-electron chi connectivity index (χ1n) is 5.69. The molecule has 0 aromatic carbocycles. The van der Waals surface area contributed by atoms with Crippen LogP contribution >= 0.6 is 12.4 Å². The molecule has 0 spiro atoms. The van der Waals surface area contributed by atoms with Crippen molar-refractivity contribution in [2.75, 3.05) is 32.8 Å². The Kier molecular flexibility index (Phi) is 5.58. The van der Waals surface area contributed by atoms with Gasteiger partial charge in [-0.15, -0.1) is 12.4 Å². The van der Waals surface area contributed by atoms with Crippen LogP contribution in [0.3, 0.4) is 0 Å². The maximum absolute atomic E-state index is 11.6. The number of nitrogens with zero attached hydrogens (tertiary/aromatic N) is 1. The van der Waals surface area contributed by atoms with Crippen LogP contribution in [0.5, 0.6) is 0 Å². The number of halogens is 1. The first kappa shape index (κ1) is 12.9. The van der Waals surface area contributed by atoms with Gasteiger partial charge in [-0.3, -0.25) is 4.79 Å². The van der Waals surface area contributed by atoms with Crippen molar-refractivity contribution in [1.29, 1.82) is 0 Å². The molecule has 0 aromatic rings. The molecule has 2 fully saturated rings. The van der Waals surface area contributed by atoms with Crippen LogP contribution in [0.15, 0.2) is 0 Å². The van der Waals surface area contributed by atoms with E-state index in [4.69, 9.17) is 4.74 Å². The standard InChI is InChI=1S/C11H19NO2.ClH/c13-11-4-7-14-9-10(11)8-12-5-2-1-3-6-12;/h10H,1-9H2;1H. The van der Waals surface area contributed by atoms with Gasteiger partial charge >= 0.3 is 0 Å². The molecule has 0 radical (unpaired) electrons. The summed E-state index contributed by atoms with van der Waals surface area (Å²) in [6.07, 6.45) is 4.56. The summed E-state index contributed by atoms with van der Waals surface area (Å²) in [5.74, 6) is 0.559. The number of hydrogen-bond acceptors (Lipinski definition) is 3. The topological polar surface area (TPSA) is 29.5 Å². The number of carbonyl (C=O) groups is 1. The molecular weight excluding hydrogens is 214 g/mol. The van der Waals surface area contributed by atoms with Crippen molar-refractivity contribution in [1.82, 2.24) is 4.90 Å². The highest BCUT2D eigenvalue weighted by Gasteiger charge is 2.25. The van der Waals surface area contributed by atoms with Crippen molar-refractivity contribution < 1.29 is 9.53 Å². The number of carbonyl (C=O) groups excluding carboxylic acids is 1. The van der Waals surface area contributed by atoms with Crippen molar-refractivity contribution in [3.8, 4) is 0 Å². The van der Waals surface area contributed by atoms with E-state index in [2.05, 4.69) is 4.90 Å². The predicted octanol–water partition coefficient (Wildman–Crippen LogP) is 1.50. The number of piperidine rings is 1. The van der Waals surface area contributed by atoms with E-state index < -0.39 is 0 Å². The summed E-state index contributed by atoms with van der Waals surface area (Å²) < 4.78 is 5.35. The van der Waals surface area contributed by atoms with Gasteiger partial charge < -0.3 is 9.64 Å². The van der Waals surface area contributed by atoms with Gasteiger partial charge in [-0.2, -0.15) is 0 Å². The van der Waals surface area contributed by atoms with Crippen LogP contribution in [0.1, 0.15) is 25.7 Å². The molecule has 2 aliphatic heterocycles. The van der Waals surface area contributed by atoms with Crippen LogP contribution in [-0.2, 0) is 9.53 Å². The van der Waals surface area contributed by atoms with Crippen LogP contribution in [0.4, 0.5) is 0 Å². The average molecular weight is 234 g/mol. The Balaban J connectivity index is 0.00000112. The first-order chi connectivity index (χ1) is 6.86. The van der Waals surface area contributed by atoms with Gasteiger partial charge in [0.05, 0.1) is 19.1 Å². The summed E-state index contributed by atoms with van der Waals surface area (Å²) in [5.41, 5.74) is 0. The SMILES string of the molecule is Cl.O=C1CCOCC1CN1CCCCC1. The van der Waals surface area contributed by atoms with Gasteiger partial charge in [-0.25, -0.2) is 0 Å². The second-order valence-electron chi connectivity index (χ2n) is 4.35. The van der Waals surface area contributed by atoms with Crippen molar-refractivity contribution in [3.05, 3.63) is 0 Å². The Labute approximate surface area is 97.6 Å². The fourth-order valence-electron chi connectivity index (χ4n) is 2.30. The maximum atomic E-state index is 11.6. The second-order valence-corrected chi connectivity index (χ2v) is 4.35. The largest absolute Gasteiger partial charge is 0.380 e. The smallest absolute Gasteiger partial charge is 0.141 e. The summed E-state index contributed by atoms with van der Waals surface area (Å²) in [6.45, 7) is 4.55. The highest BCUT2D eigenvalue weighted by atomic mass is 35.5. The molecule has 2 saturated heterocycles. The van der Waals surface area contributed by atoms with Crippen LogP contribution in [-0.4, -0.2) is 43.5 Å². The van der Waals surface area contributed by atoms with E-state index in [0.29, 0.717) is 25.4 Å². The normalized spacial score (nSPS) is 28.5. The third kappa shape index (κ3) is 3.74. The van der Waals surface area contributed by atoms with Gasteiger partial charge in [0.2, 0.25) is 0 Å². The molecule has 0 aliphatic carbocycles. The fraction of sp³-hybridized carbons (Fsp3) is 0.909. The van der Waals surface area contributed by atoms with Crippen molar-refractivity contribution in [2.45, 2.75) is 25.7 Å². The number of Topliss-reactive ketones (excluding diaryl/α,β-unsaturated/α-hetero) is 1. The summed E-state index contributed by atoms with van der Waals surface area (Å²) >= 11 is 0. The molecule has 0 amide bonds. The van der Waals surface area contributed by atoms with Crippen LogP contribution in [0, 0.1) is 5.92 Å². The molecule has 0 aromatic heterocycles. The van der Waals surface area contributed by atoms with E-state index in [1.54, 1.807) is 0 Å². The number of hydrogen-bond donors (Lipinski definition) is 0. The second kappa shape index (κ2) is 6.46. The Morgan fingerprint density at radius 3 is 2.67 bits per heavy atom. The van der Waals surface area contributed by atoms with E-state index in [1.807, 2.05) is 0 Å². The summed E-state index contributed by atoms with van der Waals surface area (Å²) in [5, 5.41) is 0. The molecular formula is C11H20ClNO2. The first-order valence-corrected chi connectivity index (χ1v) is 5.69. The molecule has 1 unspecified atom stereocenters. The zero-order valence-corrected chi connectivity index (χ0v) is 9.93. The molecule has 0 bridgehead atoms. The van der Waals surface area contributed by atoms with Crippen molar-refractivity contribution in [2.24, 2.45) is 5.92 Å². The summed E-state index contributed by atoms with van der Waals surface area (Å²) in [7, 11) is 0. The molecule has 0 saturated carbocycles. The Bertz CT molecular complexity index is 205. The summed E-state index contributed by atoms with van der Waals surface area (Å²) in [6, 6.07) is 0. The fourth-order valence-corrected chi connectivity index (χ4v) is 2.30. The lowest BCUT2D eigenvalue weighted by Gasteiger charge is -2.31. The Hall–Kier alpha value is -0.120. The minimum Gasteiger partial charge on any atom is -0.380 e. The Morgan fingerprint density at radius 2 is 2.00 bits per heavy atom. The third-order valence-corrected chi connectivity index (χ3v) is 3.19. The van der Waals surface area contributed by atoms with E-state index >= 15 is 0 Å². The van der Waals surface area contributed by atoms with Gasteiger partial charge in [0.25, 0.3) is 0 Å². The zero-order valence-electron chi connectivity index (χ0n) is 9.11. The Morgan fingerprint density at radius 1 is 1.27 bits per heavy atom. The molecule has 1 atom stereocenters. The van der Waals surface area contributed by atoms with E-state index in [1.165, 1.54) is 32.4 Å². The molecule has 2 heterocycles. The molecule has 4 heteroatoms. The molecule has 2 aliphatic rings. The highest BCUT2D eigenvalue weighted by Crippen LogP contribution is 2.15. The zero-order chi connectivity index (χ0) is 9.80. The third-order valence-electron chi connectivity index (χ3n) is 3.19. The van der Waals surface area contributed by atoms with Crippen LogP contribution in [0.2, 0.25) is 0 Å². The van der Waals surface area contributed by atoms with Crippen molar-refractivity contribution in [3.63, 3.8) is 0 Å². The van der Waals surface area contributed by atoms with E-state index in [9.17, 15) is 4.79 Å². The molecule has 3 nitrogen and oxygen atoms in total. The van der Waals surface area contributed by atoms with Gasteiger partial charge in [0, 0.05) is 13.0 Å². The van der Waals surface area contributed by atoms with Gasteiger partial charge in [0.1, 0.15) is 5.78 Å². The van der Waals surface area contributed by atoms with Crippen molar-refractivity contribution >= 4 is 18.2 Å². The van der Waals surface area contributed by atoms with Crippen LogP contribution in [0.25, 0.3) is 0 Å². The number of likely N-dealkylation sites (tertiary alicyclic amines) is 1. The van der Waals surface area contributed by atoms with Gasteiger partial charge in [0.15, 0.2) is 0 Å². The molecule has 0 N–H and O–H groups in total. The number of rotatable bonds is 2. The molecule has 2 rings (SSSR count). The van der Waals surface area contributed by atoms with E-state index in [-0.39, 0.29) is 18.3 Å². The van der Waals surface area contributed by atoms with E-state index in [0.717, 1.165) is 6.54 Å².